The molecule has 0 fully saturated rings. The van der Waals surface area contributed by atoms with E-state index in [0.29, 0.717) is 33.5 Å². The Bertz CT molecular complexity index is 811. The minimum Gasteiger partial charge on any atom is -0.495 e. The van der Waals surface area contributed by atoms with E-state index in [2.05, 4.69) is 18.8 Å². The van der Waals surface area contributed by atoms with Crippen LogP contribution in [0.25, 0.3) is 0 Å². The number of halogens is 1. The molecule has 1 aromatic heterocycles. The Labute approximate surface area is 157 Å². The largest absolute Gasteiger partial charge is 0.495 e. The van der Waals surface area contributed by atoms with Crippen LogP contribution in [0, 0.1) is 12.8 Å². The maximum atomic E-state index is 12.8. The molecule has 4 nitrogen and oxygen atoms in total. The quantitative estimate of drug-likeness (QED) is 0.639. The Morgan fingerprint density at radius 3 is 2.56 bits per heavy atom. The second-order valence-corrected chi connectivity index (χ2v) is 8.04. The molecule has 0 N–H and O–H groups in total. The molecule has 0 aliphatic rings. The van der Waals surface area contributed by atoms with Gasteiger partial charge in [0.15, 0.2) is 11.6 Å². The first-order valence-corrected chi connectivity index (χ1v) is 9.29. The van der Waals surface area contributed by atoms with Gasteiger partial charge in [-0.05, 0) is 37.5 Å². The van der Waals surface area contributed by atoms with Gasteiger partial charge in [-0.15, -0.1) is 11.3 Å². The lowest BCUT2D eigenvalue weighted by Gasteiger charge is -2.12. The summed E-state index contributed by atoms with van der Waals surface area (Å²) in [6.45, 7) is 7.59. The highest BCUT2D eigenvalue weighted by Crippen LogP contribution is 2.32. The van der Waals surface area contributed by atoms with Crippen molar-refractivity contribution in [2.24, 2.45) is 5.92 Å². The van der Waals surface area contributed by atoms with Crippen LogP contribution in [0.2, 0.25) is 5.02 Å². The monoisotopic (exact) mass is 379 g/mol. The molecule has 2 aromatic rings. The number of ether oxygens (including phenoxy) is 1. The van der Waals surface area contributed by atoms with Gasteiger partial charge in [0.1, 0.15) is 11.4 Å². The summed E-state index contributed by atoms with van der Waals surface area (Å²) in [4.78, 5) is 30.1. The van der Waals surface area contributed by atoms with Crippen LogP contribution in [-0.2, 0) is 12.8 Å². The minimum absolute atomic E-state index is 0.0244. The van der Waals surface area contributed by atoms with Crippen molar-refractivity contribution in [3.63, 3.8) is 0 Å². The van der Waals surface area contributed by atoms with Gasteiger partial charge in [-0.25, -0.2) is 4.98 Å². The van der Waals surface area contributed by atoms with Crippen molar-refractivity contribution in [3.8, 4) is 5.75 Å². The number of carbonyl (C=O) groups is 2. The molecule has 0 radical (unpaired) electrons. The number of hydrogen-bond donors (Lipinski definition) is 0. The van der Waals surface area contributed by atoms with E-state index in [1.807, 2.05) is 6.92 Å². The molecular weight excluding hydrogens is 358 g/mol. The molecule has 0 aliphatic carbocycles. The molecule has 0 saturated heterocycles. The number of aromatic nitrogens is 1. The number of carbonyl (C=O) groups excluding carboxylic acids is 2. The summed E-state index contributed by atoms with van der Waals surface area (Å²) in [6.07, 6.45) is 0.869. The van der Waals surface area contributed by atoms with Crippen molar-refractivity contribution < 1.29 is 14.3 Å². The number of Topliss-reactive ketones (excluding diaryl/α,β-unsaturated/α-hetero) is 2. The Hall–Kier alpha value is -1.72. The molecule has 134 valence electrons. The Morgan fingerprint density at radius 1 is 1.32 bits per heavy atom. The molecule has 0 bridgehead atoms. The zero-order chi connectivity index (χ0) is 18.7. The molecular formula is C19H22ClNO3S. The highest BCUT2D eigenvalue weighted by molar-refractivity contribution is 7.11. The van der Waals surface area contributed by atoms with Crippen LogP contribution in [0.15, 0.2) is 12.1 Å². The van der Waals surface area contributed by atoms with Gasteiger partial charge in [-0.3, -0.25) is 9.59 Å². The predicted octanol–water partition coefficient (Wildman–Crippen LogP) is 4.94. The Morgan fingerprint density at radius 2 is 2.00 bits per heavy atom. The number of rotatable bonds is 7. The van der Waals surface area contributed by atoms with Crippen molar-refractivity contribution in [1.82, 2.24) is 4.98 Å². The Balaban J connectivity index is 2.38. The molecule has 0 aliphatic heterocycles. The van der Waals surface area contributed by atoms with Crippen molar-refractivity contribution in [2.75, 3.05) is 7.11 Å². The van der Waals surface area contributed by atoms with Crippen LogP contribution < -0.4 is 4.74 Å². The van der Waals surface area contributed by atoms with Gasteiger partial charge in [-0.2, -0.15) is 0 Å². The number of aryl methyl sites for hydroxylation is 1. The van der Waals surface area contributed by atoms with Crippen molar-refractivity contribution in [3.05, 3.63) is 43.9 Å². The number of nitrogens with zero attached hydrogens (tertiary/aromatic N) is 1. The molecule has 1 heterocycles. The second-order valence-electron chi connectivity index (χ2n) is 6.37. The van der Waals surface area contributed by atoms with Gasteiger partial charge in [0.25, 0.3) is 0 Å². The molecule has 0 amide bonds. The lowest BCUT2D eigenvalue weighted by atomic mass is 9.98. The van der Waals surface area contributed by atoms with E-state index in [1.54, 1.807) is 23.5 Å². The van der Waals surface area contributed by atoms with E-state index in [0.717, 1.165) is 16.3 Å². The highest BCUT2D eigenvalue weighted by atomic mass is 35.5. The number of hydrogen-bond acceptors (Lipinski definition) is 5. The second kappa shape index (κ2) is 8.11. The standard InChI is InChI=1S/C19H22ClNO3S/c1-10(2)8-17-21-19(12(4)25-17)15(23)9-14-13(11(3)22)6-7-16(24-5)18(14)20/h6-7,10H,8-9H2,1-5H3. The van der Waals surface area contributed by atoms with Crippen LogP contribution in [-0.4, -0.2) is 23.7 Å². The molecule has 6 heteroatoms. The minimum atomic E-state index is -0.138. The summed E-state index contributed by atoms with van der Waals surface area (Å²) in [5, 5.41) is 1.26. The van der Waals surface area contributed by atoms with E-state index in [1.165, 1.54) is 14.0 Å². The average molecular weight is 380 g/mol. The normalized spacial score (nSPS) is 11.0. The van der Waals surface area contributed by atoms with Gasteiger partial charge in [-0.1, -0.05) is 25.4 Å². The molecule has 0 atom stereocenters. The van der Waals surface area contributed by atoms with E-state index in [-0.39, 0.29) is 18.0 Å². The van der Waals surface area contributed by atoms with Crippen LogP contribution >= 0.6 is 22.9 Å². The van der Waals surface area contributed by atoms with E-state index >= 15 is 0 Å². The molecule has 0 saturated carbocycles. The number of methoxy groups -OCH3 is 1. The van der Waals surface area contributed by atoms with Crippen molar-refractivity contribution in [1.29, 1.82) is 0 Å². The molecule has 0 spiro atoms. The summed E-state index contributed by atoms with van der Waals surface area (Å²) < 4.78 is 5.21. The zero-order valence-electron chi connectivity index (χ0n) is 15.1. The summed E-state index contributed by atoms with van der Waals surface area (Å²) in [5.74, 6) is 0.653. The van der Waals surface area contributed by atoms with Crippen LogP contribution in [0.4, 0.5) is 0 Å². The third kappa shape index (κ3) is 4.47. The van der Waals surface area contributed by atoms with E-state index in [9.17, 15) is 9.59 Å². The SMILES string of the molecule is COc1ccc(C(C)=O)c(CC(=O)c2nc(CC(C)C)sc2C)c1Cl. The Kier molecular flexibility index (Phi) is 6.36. The van der Waals surface area contributed by atoms with Crippen molar-refractivity contribution in [2.45, 2.75) is 40.5 Å². The van der Waals surface area contributed by atoms with Gasteiger partial charge in [0.2, 0.25) is 0 Å². The third-order valence-corrected chi connectivity index (χ3v) is 5.24. The van der Waals surface area contributed by atoms with Crippen LogP contribution in [0.3, 0.4) is 0 Å². The van der Waals surface area contributed by atoms with Gasteiger partial charge < -0.3 is 4.74 Å². The fraction of sp³-hybridized carbons (Fsp3) is 0.421. The first-order valence-electron chi connectivity index (χ1n) is 8.10. The average Bonchev–Trinajstić information content (AvgIpc) is 2.88. The number of ketones is 2. The van der Waals surface area contributed by atoms with E-state index in [4.69, 9.17) is 16.3 Å². The maximum Gasteiger partial charge on any atom is 0.186 e. The van der Waals surface area contributed by atoms with Gasteiger partial charge in [0.05, 0.1) is 17.1 Å². The smallest absolute Gasteiger partial charge is 0.186 e. The first-order chi connectivity index (χ1) is 11.7. The van der Waals surface area contributed by atoms with E-state index < -0.39 is 0 Å². The topological polar surface area (TPSA) is 56.3 Å². The first kappa shape index (κ1) is 19.6. The summed E-state index contributed by atoms with van der Waals surface area (Å²) in [5.41, 5.74) is 1.40. The fourth-order valence-corrected chi connectivity index (χ4v) is 4.12. The number of benzene rings is 1. The van der Waals surface area contributed by atoms with Crippen molar-refractivity contribution >= 4 is 34.5 Å². The van der Waals surface area contributed by atoms with Crippen LogP contribution in [0.5, 0.6) is 5.75 Å². The predicted molar refractivity (Wildman–Crippen MR) is 101 cm³/mol. The highest BCUT2D eigenvalue weighted by Gasteiger charge is 2.22. The third-order valence-electron chi connectivity index (χ3n) is 3.83. The summed E-state index contributed by atoms with van der Waals surface area (Å²) in [6, 6.07) is 3.29. The zero-order valence-corrected chi connectivity index (χ0v) is 16.7. The van der Waals surface area contributed by atoms with Gasteiger partial charge >= 0.3 is 0 Å². The lowest BCUT2D eigenvalue weighted by Crippen LogP contribution is -2.11. The van der Waals surface area contributed by atoms with Crippen LogP contribution in [0.1, 0.15) is 57.1 Å². The summed E-state index contributed by atoms with van der Waals surface area (Å²) >= 11 is 7.90. The molecule has 25 heavy (non-hydrogen) atoms. The fourth-order valence-electron chi connectivity index (χ4n) is 2.65. The number of thiazole rings is 1. The van der Waals surface area contributed by atoms with Gasteiger partial charge in [0, 0.05) is 23.3 Å². The molecule has 0 unspecified atom stereocenters. The molecule has 1 aromatic carbocycles. The maximum absolute atomic E-state index is 12.8. The summed E-state index contributed by atoms with van der Waals surface area (Å²) in [7, 11) is 1.50. The lowest BCUT2D eigenvalue weighted by molar-refractivity contribution is 0.0987. The molecule has 2 rings (SSSR count).